The Morgan fingerprint density at radius 2 is 2.09 bits per heavy atom. The van der Waals surface area contributed by atoms with Gasteiger partial charge in [0.05, 0.1) is 29.3 Å². The van der Waals surface area contributed by atoms with Gasteiger partial charge in [-0.1, -0.05) is 30.0 Å². The molecule has 1 aliphatic carbocycles. The molecule has 1 atom stereocenters. The Kier molecular flexibility index (Phi) is 6.44. The van der Waals surface area contributed by atoms with Crippen LogP contribution in [-0.2, 0) is 22.4 Å². The topological polar surface area (TPSA) is 119 Å². The van der Waals surface area contributed by atoms with Gasteiger partial charge >= 0.3 is 5.97 Å². The Balaban J connectivity index is 1.38. The first-order valence-corrected chi connectivity index (χ1v) is 13.0. The van der Waals surface area contributed by atoms with Crippen LogP contribution in [-0.4, -0.2) is 43.5 Å². The zero-order valence-electron chi connectivity index (χ0n) is 19.2. The number of nitrogens with zero attached hydrogens (tertiary/aromatic N) is 3. The Bertz CT molecular complexity index is 1470. The van der Waals surface area contributed by atoms with Crippen molar-refractivity contribution in [2.45, 2.75) is 43.5 Å². The number of rotatable bonds is 7. The van der Waals surface area contributed by atoms with Gasteiger partial charge in [0, 0.05) is 4.88 Å². The van der Waals surface area contributed by atoms with E-state index in [4.69, 9.17) is 4.74 Å². The Hall–Kier alpha value is -3.44. The second-order valence-electron chi connectivity index (χ2n) is 8.03. The average molecular weight is 510 g/mol. The predicted octanol–water partition coefficient (Wildman–Crippen LogP) is 3.96. The van der Waals surface area contributed by atoms with Crippen LogP contribution in [0.25, 0.3) is 16.7 Å². The van der Waals surface area contributed by atoms with Crippen LogP contribution < -0.4 is 10.9 Å². The van der Waals surface area contributed by atoms with Crippen LogP contribution in [0.3, 0.4) is 0 Å². The summed E-state index contributed by atoms with van der Waals surface area (Å²) in [5, 5.41) is 7.81. The summed E-state index contributed by atoms with van der Waals surface area (Å²) in [6.07, 6.45) is 4.17. The SMILES string of the molecule is CCOC(=O)c1c(NC(=O)[C@H](C)Sc2nc3c(cnn3-c3ccccc3)c(=O)[nH]2)sc2c1CCC2. The van der Waals surface area contributed by atoms with Crippen molar-refractivity contribution in [2.24, 2.45) is 0 Å². The summed E-state index contributed by atoms with van der Waals surface area (Å²) in [7, 11) is 0. The molecule has 180 valence electrons. The lowest BCUT2D eigenvalue weighted by Crippen LogP contribution is -2.24. The fourth-order valence-electron chi connectivity index (χ4n) is 4.06. The highest BCUT2D eigenvalue weighted by molar-refractivity contribution is 8.00. The second-order valence-corrected chi connectivity index (χ2v) is 10.5. The number of thioether (sulfide) groups is 1. The van der Waals surface area contributed by atoms with Crippen LogP contribution in [0.4, 0.5) is 5.00 Å². The summed E-state index contributed by atoms with van der Waals surface area (Å²) in [4.78, 5) is 46.7. The van der Waals surface area contributed by atoms with Crippen LogP contribution in [0.1, 0.15) is 41.1 Å². The molecule has 3 aromatic heterocycles. The van der Waals surface area contributed by atoms with Gasteiger partial charge < -0.3 is 15.0 Å². The van der Waals surface area contributed by atoms with Gasteiger partial charge in [0.15, 0.2) is 10.8 Å². The van der Waals surface area contributed by atoms with Crippen LogP contribution in [0, 0.1) is 0 Å². The number of anilines is 1. The predicted molar refractivity (Wildman–Crippen MR) is 136 cm³/mol. The number of fused-ring (bicyclic) bond motifs is 2. The quantitative estimate of drug-likeness (QED) is 0.220. The molecule has 0 saturated heterocycles. The number of ether oxygens (including phenoxy) is 1. The van der Waals surface area contributed by atoms with E-state index in [-0.39, 0.29) is 18.1 Å². The van der Waals surface area contributed by atoms with Crippen molar-refractivity contribution in [2.75, 3.05) is 11.9 Å². The first kappa shape index (κ1) is 23.3. The van der Waals surface area contributed by atoms with Crippen molar-refractivity contribution < 1.29 is 14.3 Å². The van der Waals surface area contributed by atoms with Gasteiger partial charge in [-0.15, -0.1) is 11.3 Å². The van der Waals surface area contributed by atoms with E-state index < -0.39 is 11.2 Å². The van der Waals surface area contributed by atoms with Crippen molar-refractivity contribution in [1.82, 2.24) is 19.7 Å². The maximum atomic E-state index is 13.0. The van der Waals surface area contributed by atoms with Crippen molar-refractivity contribution in [3.8, 4) is 5.69 Å². The number of esters is 1. The summed E-state index contributed by atoms with van der Waals surface area (Å²) in [5.41, 5.74) is 2.31. The third-order valence-corrected chi connectivity index (χ3v) is 7.90. The number of hydrogen-bond acceptors (Lipinski definition) is 8. The molecule has 35 heavy (non-hydrogen) atoms. The molecule has 0 aliphatic heterocycles. The van der Waals surface area contributed by atoms with Gasteiger partial charge in [0.1, 0.15) is 10.4 Å². The lowest BCUT2D eigenvalue weighted by molar-refractivity contribution is -0.115. The number of aromatic nitrogens is 4. The van der Waals surface area contributed by atoms with Crippen molar-refractivity contribution in [3.05, 3.63) is 62.9 Å². The first-order valence-electron chi connectivity index (χ1n) is 11.3. The molecule has 1 aliphatic rings. The first-order chi connectivity index (χ1) is 17.0. The largest absolute Gasteiger partial charge is 0.462 e. The molecular weight excluding hydrogens is 486 g/mol. The van der Waals surface area contributed by atoms with Gasteiger partial charge in [0.25, 0.3) is 5.56 Å². The number of amides is 1. The molecule has 2 N–H and O–H groups in total. The Morgan fingerprint density at radius 3 is 2.86 bits per heavy atom. The van der Waals surface area contributed by atoms with Gasteiger partial charge in [-0.05, 0) is 50.8 Å². The highest BCUT2D eigenvalue weighted by Gasteiger charge is 2.29. The molecule has 0 spiro atoms. The highest BCUT2D eigenvalue weighted by Crippen LogP contribution is 2.40. The van der Waals surface area contributed by atoms with Gasteiger partial charge in [0.2, 0.25) is 5.91 Å². The zero-order chi connectivity index (χ0) is 24.5. The average Bonchev–Trinajstić information content (AvgIpc) is 3.54. The molecule has 1 aromatic carbocycles. The summed E-state index contributed by atoms with van der Waals surface area (Å²) in [5.74, 6) is -0.701. The zero-order valence-corrected chi connectivity index (χ0v) is 20.8. The number of carbonyl (C=O) groups excluding carboxylic acids is 2. The molecule has 4 aromatic rings. The minimum absolute atomic E-state index is 0.268. The van der Waals surface area contributed by atoms with E-state index >= 15 is 0 Å². The third-order valence-electron chi connectivity index (χ3n) is 5.71. The fraction of sp³-hybridized carbons (Fsp3) is 0.292. The lowest BCUT2D eigenvalue weighted by Gasteiger charge is -2.12. The Labute approximate surface area is 208 Å². The summed E-state index contributed by atoms with van der Waals surface area (Å²) in [6, 6.07) is 9.40. The molecule has 0 unspecified atom stereocenters. The molecule has 0 bridgehead atoms. The van der Waals surface area contributed by atoms with Gasteiger partial charge in [-0.3, -0.25) is 9.59 Å². The van der Waals surface area contributed by atoms with E-state index in [9.17, 15) is 14.4 Å². The number of nitrogens with one attached hydrogen (secondary N) is 2. The fourth-order valence-corrected chi connectivity index (χ4v) is 6.13. The van der Waals surface area contributed by atoms with Crippen molar-refractivity contribution in [3.63, 3.8) is 0 Å². The molecule has 1 amide bonds. The van der Waals surface area contributed by atoms with E-state index in [0.29, 0.717) is 26.8 Å². The van der Waals surface area contributed by atoms with Crippen LogP contribution >= 0.6 is 23.1 Å². The Morgan fingerprint density at radius 1 is 1.29 bits per heavy atom. The maximum Gasteiger partial charge on any atom is 0.341 e. The molecule has 3 heterocycles. The van der Waals surface area contributed by atoms with Crippen LogP contribution in [0.2, 0.25) is 0 Å². The summed E-state index contributed by atoms with van der Waals surface area (Å²) >= 11 is 2.56. The number of aryl methyl sites for hydroxylation is 1. The standard InChI is InChI=1S/C24H23N5O4S2/c1-3-33-23(32)18-15-10-7-11-17(15)35-22(18)27-20(30)13(2)34-24-26-19-16(21(31)28-24)12-25-29(19)14-8-5-4-6-9-14/h4-6,8-9,12-13H,3,7,10-11H2,1-2H3,(H,27,30)(H,26,28,31)/t13-/m0/s1. The molecule has 11 heteroatoms. The van der Waals surface area contributed by atoms with E-state index in [0.717, 1.165) is 47.2 Å². The van der Waals surface area contributed by atoms with E-state index in [2.05, 4.69) is 20.4 Å². The van der Waals surface area contributed by atoms with Crippen molar-refractivity contribution >= 4 is 51.0 Å². The van der Waals surface area contributed by atoms with E-state index in [1.165, 1.54) is 17.5 Å². The number of hydrogen-bond donors (Lipinski definition) is 2. The second kappa shape index (κ2) is 9.67. The van der Waals surface area contributed by atoms with Crippen LogP contribution in [0.5, 0.6) is 0 Å². The number of carbonyl (C=O) groups is 2. The number of H-pyrrole nitrogens is 1. The molecule has 0 fully saturated rings. The third kappa shape index (κ3) is 4.48. The highest BCUT2D eigenvalue weighted by atomic mass is 32.2. The minimum atomic E-state index is -0.587. The molecular formula is C24H23N5O4S2. The molecule has 0 saturated carbocycles. The summed E-state index contributed by atoms with van der Waals surface area (Å²) in [6.45, 7) is 3.75. The smallest absolute Gasteiger partial charge is 0.341 e. The normalized spacial score (nSPS) is 13.5. The number of para-hydroxylation sites is 1. The molecule has 0 radical (unpaired) electrons. The monoisotopic (exact) mass is 509 g/mol. The number of aromatic amines is 1. The van der Waals surface area contributed by atoms with E-state index in [1.807, 2.05) is 30.3 Å². The van der Waals surface area contributed by atoms with E-state index in [1.54, 1.807) is 18.5 Å². The lowest BCUT2D eigenvalue weighted by atomic mass is 10.1. The van der Waals surface area contributed by atoms with Gasteiger partial charge in [-0.25, -0.2) is 14.5 Å². The van der Waals surface area contributed by atoms with Crippen molar-refractivity contribution in [1.29, 1.82) is 0 Å². The number of thiophene rings is 1. The molecule has 5 rings (SSSR count). The maximum absolute atomic E-state index is 13.0. The minimum Gasteiger partial charge on any atom is -0.462 e. The van der Waals surface area contributed by atoms with Gasteiger partial charge in [-0.2, -0.15) is 5.10 Å². The number of benzene rings is 1. The molecule has 9 nitrogen and oxygen atoms in total. The summed E-state index contributed by atoms with van der Waals surface area (Å²) < 4.78 is 6.83. The van der Waals surface area contributed by atoms with Crippen LogP contribution in [0.15, 0.2) is 46.5 Å².